The minimum atomic E-state index is -0.551. The molecule has 102 valence electrons. The van der Waals surface area contributed by atoms with E-state index in [-0.39, 0.29) is 0 Å². The lowest BCUT2D eigenvalue weighted by Gasteiger charge is -2.12. The molecule has 2 nitrogen and oxygen atoms in total. The van der Waals surface area contributed by atoms with E-state index in [1.807, 2.05) is 23.6 Å². The third-order valence-electron chi connectivity index (χ3n) is 3.20. The van der Waals surface area contributed by atoms with Gasteiger partial charge in [0.15, 0.2) is 0 Å². The maximum Gasteiger partial charge on any atom is 0.131 e. The lowest BCUT2D eigenvalue weighted by molar-refractivity contribution is 0.200. The molecule has 0 aliphatic carbocycles. The van der Waals surface area contributed by atoms with Crippen LogP contribution in [0.2, 0.25) is 0 Å². The molecule has 0 saturated heterocycles. The maximum atomic E-state index is 13.7. The van der Waals surface area contributed by atoms with E-state index in [2.05, 4.69) is 0 Å². The van der Waals surface area contributed by atoms with Gasteiger partial charge < -0.3 is 9.30 Å². The Morgan fingerprint density at radius 2 is 1.95 bits per heavy atom. The van der Waals surface area contributed by atoms with Crippen LogP contribution in [0.4, 0.5) is 8.78 Å². The van der Waals surface area contributed by atoms with Crippen molar-refractivity contribution < 1.29 is 13.5 Å². The van der Waals surface area contributed by atoms with Gasteiger partial charge in [-0.2, -0.15) is 0 Å². The highest BCUT2D eigenvalue weighted by molar-refractivity contribution is 5.23. The van der Waals surface area contributed by atoms with Crippen LogP contribution in [0, 0.1) is 18.6 Å². The van der Waals surface area contributed by atoms with E-state index in [4.69, 9.17) is 4.74 Å². The van der Waals surface area contributed by atoms with Crippen molar-refractivity contribution in [3.05, 3.63) is 58.9 Å². The van der Waals surface area contributed by atoms with Crippen molar-refractivity contribution in [2.75, 3.05) is 13.7 Å². The SMILES string of the molecule is COCCc1ccc(C)n1Cc1ccc(F)cc1F. The second-order valence-electron chi connectivity index (χ2n) is 4.53. The third-order valence-corrected chi connectivity index (χ3v) is 3.20. The zero-order chi connectivity index (χ0) is 13.8. The molecule has 1 aromatic heterocycles. The van der Waals surface area contributed by atoms with E-state index >= 15 is 0 Å². The van der Waals surface area contributed by atoms with Crippen molar-refractivity contribution in [1.82, 2.24) is 4.57 Å². The molecule has 0 radical (unpaired) electrons. The lowest BCUT2D eigenvalue weighted by Crippen LogP contribution is -2.09. The lowest BCUT2D eigenvalue weighted by atomic mass is 10.2. The van der Waals surface area contributed by atoms with Crippen LogP contribution in [-0.2, 0) is 17.7 Å². The Bertz CT molecular complexity index is 563. The van der Waals surface area contributed by atoms with Crippen LogP contribution in [0.1, 0.15) is 17.0 Å². The summed E-state index contributed by atoms with van der Waals surface area (Å²) in [5.74, 6) is -1.06. The van der Waals surface area contributed by atoms with Gasteiger partial charge in [-0.1, -0.05) is 6.07 Å². The highest BCUT2D eigenvalue weighted by atomic mass is 19.1. The summed E-state index contributed by atoms with van der Waals surface area (Å²) >= 11 is 0. The Morgan fingerprint density at radius 3 is 2.63 bits per heavy atom. The molecule has 0 amide bonds. The number of hydrogen-bond donors (Lipinski definition) is 0. The van der Waals surface area contributed by atoms with E-state index in [1.54, 1.807) is 7.11 Å². The highest BCUT2D eigenvalue weighted by Crippen LogP contribution is 2.16. The predicted octanol–water partition coefficient (Wildman–Crippen LogP) is 3.31. The number of aromatic nitrogens is 1. The van der Waals surface area contributed by atoms with Crippen molar-refractivity contribution in [2.45, 2.75) is 19.9 Å². The highest BCUT2D eigenvalue weighted by Gasteiger charge is 2.09. The van der Waals surface area contributed by atoms with E-state index in [9.17, 15) is 8.78 Å². The second kappa shape index (κ2) is 5.97. The molecule has 2 rings (SSSR count). The summed E-state index contributed by atoms with van der Waals surface area (Å²) in [5.41, 5.74) is 2.62. The Kier molecular flexibility index (Phi) is 4.32. The van der Waals surface area contributed by atoms with Gasteiger partial charge in [-0.25, -0.2) is 8.78 Å². The van der Waals surface area contributed by atoms with Gasteiger partial charge in [0.05, 0.1) is 13.2 Å². The molecule has 1 heterocycles. The topological polar surface area (TPSA) is 14.2 Å². The molecule has 0 aliphatic rings. The Balaban J connectivity index is 2.24. The third kappa shape index (κ3) is 3.20. The molecule has 2 aromatic rings. The molecular weight excluding hydrogens is 248 g/mol. The van der Waals surface area contributed by atoms with Gasteiger partial charge in [-0.15, -0.1) is 0 Å². The van der Waals surface area contributed by atoms with Crippen LogP contribution >= 0.6 is 0 Å². The van der Waals surface area contributed by atoms with Gasteiger partial charge in [-0.05, 0) is 25.1 Å². The number of benzene rings is 1. The largest absolute Gasteiger partial charge is 0.384 e. The first-order valence-electron chi connectivity index (χ1n) is 6.19. The van der Waals surface area contributed by atoms with Crippen molar-refractivity contribution in [1.29, 1.82) is 0 Å². The van der Waals surface area contributed by atoms with Crippen LogP contribution in [0.5, 0.6) is 0 Å². The zero-order valence-corrected chi connectivity index (χ0v) is 11.1. The van der Waals surface area contributed by atoms with E-state index in [0.29, 0.717) is 18.7 Å². The molecule has 0 aliphatic heterocycles. The molecule has 19 heavy (non-hydrogen) atoms. The van der Waals surface area contributed by atoms with Crippen LogP contribution < -0.4 is 0 Å². The van der Waals surface area contributed by atoms with Crippen LogP contribution in [0.3, 0.4) is 0 Å². The molecule has 0 atom stereocenters. The van der Waals surface area contributed by atoms with Crippen molar-refractivity contribution in [3.63, 3.8) is 0 Å². The van der Waals surface area contributed by atoms with Crippen LogP contribution in [-0.4, -0.2) is 18.3 Å². The zero-order valence-electron chi connectivity index (χ0n) is 11.1. The first kappa shape index (κ1) is 13.7. The first-order chi connectivity index (χ1) is 9.11. The fourth-order valence-corrected chi connectivity index (χ4v) is 2.09. The fourth-order valence-electron chi connectivity index (χ4n) is 2.09. The molecule has 0 spiro atoms. The summed E-state index contributed by atoms with van der Waals surface area (Å²) in [6.07, 6.45) is 0.771. The Labute approximate surface area is 111 Å². The number of hydrogen-bond acceptors (Lipinski definition) is 1. The average Bonchev–Trinajstić information content (AvgIpc) is 2.71. The summed E-state index contributed by atoms with van der Waals surface area (Å²) in [5, 5.41) is 0. The molecule has 0 saturated carbocycles. The Morgan fingerprint density at radius 1 is 1.16 bits per heavy atom. The number of ether oxygens (including phenoxy) is 1. The van der Waals surface area contributed by atoms with Gasteiger partial charge in [0.1, 0.15) is 11.6 Å². The predicted molar refractivity (Wildman–Crippen MR) is 70.2 cm³/mol. The van der Waals surface area contributed by atoms with Crippen LogP contribution in [0.15, 0.2) is 30.3 Å². The second-order valence-corrected chi connectivity index (χ2v) is 4.53. The van der Waals surface area contributed by atoms with Crippen molar-refractivity contribution >= 4 is 0 Å². The van der Waals surface area contributed by atoms with Crippen molar-refractivity contribution in [2.24, 2.45) is 0 Å². The number of aryl methyl sites for hydroxylation is 1. The maximum absolute atomic E-state index is 13.7. The Hall–Kier alpha value is -1.68. The van der Waals surface area contributed by atoms with Gasteiger partial charge in [0, 0.05) is 36.5 Å². The molecular formula is C15H17F2NO. The molecule has 0 fully saturated rings. The number of nitrogens with zero attached hydrogens (tertiary/aromatic N) is 1. The molecule has 0 bridgehead atoms. The fraction of sp³-hybridized carbons (Fsp3) is 0.333. The smallest absolute Gasteiger partial charge is 0.131 e. The molecule has 1 aromatic carbocycles. The standard InChI is InChI=1S/C15H17F2NO/c1-11-3-6-14(7-8-19-2)18(11)10-12-4-5-13(16)9-15(12)17/h3-6,9H,7-8,10H2,1-2H3. The first-order valence-corrected chi connectivity index (χ1v) is 6.19. The summed E-state index contributed by atoms with van der Waals surface area (Å²) in [7, 11) is 1.65. The van der Waals surface area contributed by atoms with Gasteiger partial charge >= 0.3 is 0 Å². The monoisotopic (exact) mass is 265 g/mol. The molecule has 0 N–H and O–H groups in total. The minimum absolute atomic E-state index is 0.407. The quantitative estimate of drug-likeness (QED) is 0.809. The van der Waals surface area contributed by atoms with Gasteiger partial charge in [-0.3, -0.25) is 0 Å². The number of methoxy groups -OCH3 is 1. The summed E-state index contributed by atoms with van der Waals surface area (Å²) in [6, 6.07) is 7.70. The van der Waals surface area contributed by atoms with E-state index < -0.39 is 11.6 Å². The number of halogens is 2. The summed E-state index contributed by atoms with van der Waals surface area (Å²) in [4.78, 5) is 0. The summed E-state index contributed by atoms with van der Waals surface area (Å²) < 4.78 is 33.7. The van der Waals surface area contributed by atoms with Gasteiger partial charge in [0.2, 0.25) is 0 Å². The molecule has 4 heteroatoms. The average molecular weight is 265 g/mol. The molecule has 0 unspecified atom stereocenters. The van der Waals surface area contributed by atoms with Crippen LogP contribution in [0.25, 0.3) is 0 Å². The minimum Gasteiger partial charge on any atom is -0.384 e. The van der Waals surface area contributed by atoms with Crippen molar-refractivity contribution in [3.8, 4) is 0 Å². The normalized spacial score (nSPS) is 10.9. The van der Waals surface area contributed by atoms with E-state index in [0.717, 1.165) is 23.9 Å². The van der Waals surface area contributed by atoms with Gasteiger partial charge in [0.25, 0.3) is 0 Å². The van der Waals surface area contributed by atoms with E-state index in [1.165, 1.54) is 12.1 Å². The number of rotatable bonds is 5. The summed E-state index contributed by atoms with van der Waals surface area (Å²) in [6.45, 7) is 3.00.